The van der Waals surface area contributed by atoms with E-state index in [4.69, 9.17) is 5.73 Å². The van der Waals surface area contributed by atoms with Crippen LogP contribution in [0.15, 0.2) is 59.0 Å². The Morgan fingerprint density at radius 2 is 1.95 bits per heavy atom. The Balaban J connectivity index is 2.07. The van der Waals surface area contributed by atoms with Gasteiger partial charge in [-0.1, -0.05) is 54.3 Å². The first-order valence-electron chi connectivity index (χ1n) is 7.06. The molecule has 0 atom stereocenters. The number of thioether (sulfide) groups is 1. The lowest BCUT2D eigenvalue weighted by Gasteiger charge is -2.15. The van der Waals surface area contributed by atoms with Crippen molar-refractivity contribution >= 4 is 44.2 Å². The van der Waals surface area contributed by atoms with Crippen LogP contribution in [0.2, 0.25) is 0 Å². The van der Waals surface area contributed by atoms with E-state index in [-0.39, 0.29) is 0 Å². The van der Waals surface area contributed by atoms with Crippen LogP contribution in [0.3, 0.4) is 0 Å². The van der Waals surface area contributed by atoms with Crippen molar-refractivity contribution in [1.29, 1.82) is 0 Å². The Hall–Kier alpha value is -1.55. The van der Waals surface area contributed by atoms with Gasteiger partial charge in [-0.05, 0) is 35.6 Å². The molecular formula is C18H15NS2. The van der Waals surface area contributed by atoms with Gasteiger partial charge in [-0.25, -0.2) is 0 Å². The van der Waals surface area contributed by atoms with Crippen molar-refractivity contribution in [1.82, 2.24) is 0 Å². The Kier molecular flexibility index (Phi) is 3.34. The molecule has 1 aromatic carbocycles. The molecule has 0 bridgehead atoms. The number of fused-ring (bicyclic) bond motifs is 4. The molecule has 21 heavy (non-hydrogen) atoms. The molecule has 0 amide bonds. The summed E-state index contributed by atoms with van der Waals surface area (Å²) in [6.07, 6.45) is 12.0. The predicted molar refractivity (Wildman–Crippen MR) is 95.5 cm³/mol. The second-order valence-corrected chi connectivity index (χ2v) is 7.31. The fourth-order valence-electron chi connectivity index (χ4n) is 2.74. The van der Waals surface area contributed by atoms with Crippen molar-refractivity contribution in [2.24, 2.45) is 5.73 Å². The lowest BCUT2D eigenvalue weighted by Crippen LogP contribution is -2.21. The molecule has 0 saturated heterocycles. The van der Waals surface area contributed by atoms with Crippen molar-refractivity contribution < 1.29 is 0 Å². The predicted octanol–water partition coefficient (Wildman–Crippen LogP) is 3.27. The largest absolute Gasteiger partial charge is 0.330 e. The maximum atomic E-state index is 5.72. The first-order chi connectivity index (χ1) is 10.4. The third-order valence-electron chi connectivity index (χ3n) is 3.71. The average molecular weight is 309 g/mol. The van der Waals surface area contributed by atoms with Gasteiger partial charge < -0.3 is 5.73 Å². The summed E-state index contributed by atoms with van der Waals surface area (Å²) in [5.74, 6) is 0. The minimum Gasteiger partial charge on any atom is -0.330 e. The molecule has 2 aliphatic rings. The van der Waals surface area contributed by atoms with Gasteiger partial charge in [0.2, 0.25) is 0 Å². The highest BCUT2D eigenvalue weighted by Gasteiger charge is 2.16. The SMILES string of the molecule is NCCC1=CC=C2C=CC=c3sc4ccccc4c3=C2S1. The zero-order valence-corrected chi connectivity index (χ0v) is 13.1. The van der Waals surface area contributed by atoms with Gasteiger partial charge in [0.1, 0.15) is 0 Å². The van der Waals surface area contributed by atoms with Gasteiger partial charge in [0.15, 0.2) is 0 Å². The third kappa shape index (κ3) is 2.22. The van der Waals surface area contributed by atoms with Crippen LogP contribution in [0.4, 0.5) is 0 Å². The highest BCUT2D eigenvalue weighted by atomic mass is 32.2. The van der Waals surface area contributed by atoms with Gasteiger partial charge in [0.05, 0.1) is 0 Å². The summed E-state index contributed by atoms with van der Waals surface area (Å²) in [5.41, 5.74) is 7.03. The van der Waals surface area contributed by atoms with E-state index in [0.29, 0.717) is 6.54 Å². The van der Waals surface area contributed by atoms with Crippen molar-refractivity contribution in [2.45, 2.75) is 6.42 Å². The molecule has 2 N–H and O–H groups in total. The second-order valence-electron chi connectivity index (χ2n) is 5.09. The van der Waals surface area contributed by atoms with E-state index in [9.17, 15) is 0 Å². The lowest BCUT2D eigenvalue weighted by molar-refractivity contribution is 0.996. The molecule has 0 radical (unpaired) electrons. The zero-order chi connectivity index (χ0) is 14.2. The summed E-state index contributed by atoms with van der Waals surface area (Å²) in [4.78, 5) is 2.73. The summed E-state index contributed by atoms with van der Waals surface area (Å²) >= 11 is 3.75. The van der Waals surface area contributed by atoms with Crippen LogP contribution in [0, 0.1) is 0 Å². The minimum atomic E-state index is 0.703. The molecule has 0 fully saturated rings. The molecule has 2 aromatic rings. The molecule has 1 aliphatic carbocycles. The molecule has 0 saturated carbocycles. The molecule has 3 heteroatoms. The molecule has 1 nitrogen and oxygen atoms in total. The Bertz CT molecular complexity index is 926. The van der Waals surface area contributed by atoms with E-state index in [1.807, 2.05) is 23.1 Å². The summed E-state index contributed by atoms with van der Waals surface area (Å²) in [7, 11) is 0. The molecule has 1 aromatic heterocycles. The van der Waals surface area contributed by atoms with Gasteiger partial charge in [0.25, 0.3) is 0 Å². The van der Waals surface area contributed by atoms with Crippen LogP contribution < -0.4 is 15.5 Å². The van der Waals surface area contributed by atoms with Gasteiger partial charge in [-0.15, -0.1) is 11.3 Å². The van der Waals surface area contributed by atoms with Crippen LogP contribution in [0.1, 0.15) is 6.42 Å². The maximum absolute atomic E-state index is 5.72. The van der Waals surface area contributed by atoms with E-state index < -0.39 is 0 Å². The molecule has 0 spiro atoms. The molecule has 0 unspecified atom stereocenters. The summed E-state index contributed by atoms with van der Waals surface area (Å²) in [5, 5.41) is 2.75. The number of hydrogen-bond acceptors (Lipinski definition) is 3. The highest BCUT2D eigenvalue weighted by molar-refractivity contribution is 8.11. The Morgan fingerprint density at radius 3 is 2.86 bits per heavy atom. The first-order valence-corrected chi connectivity index (χ1v) is 8.69. The zero-order valence-electron chi connectivity index (χ0n) is 11.5. The van der Waals surface area contributed by atoms with Crippen LogP contribution in [-0.2, 0) is 0 Å². The van der Waals surface area contributed by atoms with Crippen molar-refractivity contribution in [3.05, 3.63) is 68.8 Å². The first kappa shape index (κ1) is 13.1. The van der Waals surface area contributed by atoms with Crippen LogP contribution >= 0.6 is 23.1 Å². The molecule has 104 valence electrons. The fourth-order valence-corrected chi connectivity index (χ4v) is 5.12. The normalized spacial score (nSPS) is 16.7. The number of rotatable bonds is 2. The van der Waals surface area contributed by atoms with Crippen LogP contribution in [0.25, 0.3) is 21.1 Å². The maximum Gasteiger partial charge on any atom is 0.0367 e. The third-order valence-corrected chi connectivity index (χ3v) is 6.09. The van der Waals surface area contributed by atoms with E-state index >= 15 is 0 Å². The van der Waals surface area contributed by atoms with Crippen molar-refractivity contribution in [3.63, 3.8) is 0 Å². The van der Waals surface area contributed by atoms with E-state index in [1.165, 1.54) is 35.2 Å². The number of allylic oxidation sites excluding steroid dienone is 4. The Morgan fingerprint density at radius 1 is 1.05 bits per heavy atom. The summed E-state index contributed by atoms with van der Waals surface area (Å²) in [6, 6.07) is 8.68. The standard InChI is InChI=1S/C18H15NS2/c19-11-10-13-9-8-12-4-3-7-16-17(18(12)20-13)14-5-1-2-6-15(14)21-16/h1-9H,10-11,19H2. The van der Waals surface area contributed by atoms with Crippen molar-refractivity contribution in [3.8, 4) is 0 Å². The number of hydrogen-bond donors (Lipinski definition) is 1. The topological polar surface area (TPSA) is 26.0 Å². The Labute approximate surface area is 131 Å². The average Bonchev–Trinajstić information content (AvgIpc) is 2.77. The molecular weight excluding hydrogens is 294 g/mol. The lowest BCUT2D eigenvalue weighted by atomic mass is 10.1. The summed E-state index contributed by atoms with van der Waals surface area (Å²) in [6.45, 7) is 0.703. The van der Waals surface area contributed by atoms with E-state index in [2.05, 4.69) is 54.6 Å². The fraction of sp³-hybridized carbons (Fsp3) is 0.111. The van der Waals surface area contributed by atoms with E-state index in [1.54, 1.807) is 0 Å². The van der Waals surface area contributed by atoms with Gasteiger partial charge in [-0.2, -0.15) is 0 Å². The second kappa shape index (κ2) is 5.34. The monoisotopic (exact) mass is 309 g/mol. The van der Waals surface area contributed by atoms with Gasteiger partial charge in [0, 0.05) is 24.7 Å². The smallest absolute Gasteiger partial charge is 0.0367 e. The molecule has 4 rings (SSSR count). The molecule has 1 aliphatic heterocycles. The molecule has 2 heterocycles. The highest BCUT2D eigenvalue weighted by Crippen LogP contribution is 2.38. The number of benzene rings is 1. The van der Waals surface area contributed by atoms with Crippen molar-refractivity contribution in [2.75, 3.05) is 6.54 Å². The number of thiophene rings is 1. The van der Waals surface area contributed by atoms with E-state index in [0.717, 1.165) is 6.42 Å². The van der Waals surface area contributed by atoms with Crippen LogP contribution in [-0.4, -0.2) is 6.54 Å². The van der Waals surface area contributed by atoms with Crippen LogP contribution in [0.5, 0.6) is 0 Å². The minimum absolute atomic E-state index is 0.703. The summed E-state index contributed by atoms with van der Waals surface area (Å²) < 4.78 is 2.71. The number of nitrogens with two attached hydrogens (primary N) is 1. The van der Waals surface area contributed by atoms with Gasteiger partial charge >= 0.3 is 0 Å². The van der Waals surface area contributed by atoms with Gasteiger partial charge in [-0.3, -0.25) is 0 Å². The quantitative estimate of drug-likeness (QED) is 0.921.